The van der Waals surface area contributed by atoms with Gasteiger partial charge in [-0.25, -0.2) is 0 Å². The number of hydrogen-bond acceptors (Lipinski definition) is 2. The van der Waals surface area contributed by atoms with Crippen molar-refractivity contribution in [1.29, 1.82) is 0 Å². The van der Waals surface area contributed by atoms with Gasteiger partial charge in [-0.1, -0.05) is 42.5 Å². The molecule has 0 aliphatic heterocycles. The molecule has 0 aromatic heterocycles. The number of likely N-dealkylation sites (N-methyl/N-ethyl adjacent to an activating group) is 1. The Morgan fingerprint density at radius 2 is 1.95 bits per heavy atom. The maximum Gasteiger partial charge on any atom is 0.222 e. The quantitative estimate of drug-likeness (QED) is 0.830. The zero-order chi connectivity index (χ0) is 15.0. The molecule has 3 nitrogen and oxygen atoms in total. The average Bonchev–Trinajstić information content (AvgIpc) is 2.41. The molecular weight excluding hydrogens is 250 g/mol. The molecule has 1 rings (SSSR count). The molecule has 20 heavy (non-hydrogen) atoms. The molecule has 0 unspecified atom stereocenters. The number of benzene rings is 1. The fourth-order valence-corrected chi connectivity index (χ4v) is 1.99. The van der Waals surface area contributed by atoms with Gasteiger partial charge >= 0.3 is 0 Å². The lowest BCUT2D eigenvalue weighted by Gasteiger charge is -2.28. The van der Waals surface area contributed by atoms with Gasteiger partial charge in [0, 0.05) is 19.5 Å². The van der Waals surface area contributed by atoms with Crippen LogP contribution in [0.1, 0.15) is 39.2 Å². The lowest BCUT2D eigenvalue weighted by Crippen LogP contribution is -2.41. The Labute approximate surface area is 121 Å². The Morgan fingerprint density at radius 1 is 1.30 bits per heavy atom. The van der Waals surface area contributed by atoms with Crippen LogP contribution in [0, 0.1) is 0 Å². The minimum Gasteiger partial charge on any atom is -0.389 e. The van der Waals surface area contributed by atoms with Gasteiger partial charge in [0.05, 0.1) is 5.60 Å². The summed E-state index contributed by atoms with van der Waals surface area (Å²) in [5, 5.41) is 9.78. The molecule has 1 amide bonds. The third-order valence-electron chi connectivity index (χ3n) is 2.95. The SMILES string of the molecule is CCN(CC(C)(C)O)C(=O)CC/C=C/c1ccccc1. The minimum atomic E-state index is -0.842. The van der Waals surface area contributed by atoms with Crippen molar-refractivity contribution in [2.75, 3.05) is 13.1 Å². The summed E-state index contributed by atoms with van der Waals surface area (Å²) in [5.41, 5.74) is 0.301. The van der Waals surface area contributed by atoms with E-state index in [-0.39, 0.29) is 5.91 Å². The second kappa shape index (κ2) is 7.85. The normalized spacial score (nSPS) is 11.8. The van der Waals surface area contributed by atoms with Gasteiger partial charge in [0.1, 0.15) is 0 Å². The van der Waals surface area contributed by atoms with Gasteiger partial charge in [0.15, 0.2) is 0 Å². The monoisotopic (exact) mass is 275 g/mol. The predicted molar refractivity (Wildman–Crippen MR) is 83.3 cm³/mol. The van der Waals surface area contributed by atoms with Crippen molar-refractivity contribution in [3.05, 3.63) is 42.0 Å². The average molecular weight is 275 g/mol. The molecular formula is C17H25NO2. The Hall–Kier alpha value is -1.61. The Bertz CT molecular complexity index is 432. The van der Waals surface area contributed by atoms with Gasteiger partial charge < -0.3 is 10.0 Å². The highest BCUT2D eigenvalue weighted by atomic mass is 16.3. The van der Waals surface area contributed by atoms with Gasteiger partial charge in [-0.3, -0.25) is 4.79 Å². The van der Waals surface area contributed by atoms with E-state index in [1.165, 1.54) is 0 Å². The largest absolute Gasteiger partial charge is 0.389 e. The summed E-state index contributed by atoms with van der Waals surface area (Å²) in [4.78, 5) is 13.7. The lowest BCUT2D eigenvalue weighted by molar-refractivity contribution is -0.133. The van der Waals surface area contributed by atoms with E-state index in [0.29, 0.717) is 19.5 Å². The molecule has 0 radical (unpaired) electrons. The van der Waals surface area contributed by atoms with Crippen molar-refractivity contribution in [3.8, 4) is 0 Å². The van der Waals surface area contributed by atoms with E-state index in [0.717, 1.165) is 12.0 Å². The van der Waals surface area contributed by atoms with Gasteiger partial charge in [0.2, 0.25) is 5.91 Å². The highest BCUT2D eigenvalue weighted by molar-refractivity contribution is 5.76. The molecule has 0 fully saturated rings. The molecule has 0 heterocycles. The molecule has 110 valence electrons. The van der Waals surface area contributed by atoms with Crippen LogP contribution in [0.3, 0.4) is 0 Å². The van der Waals surface area contributed by atoms with E-state index < -0.39 is 5.60 Å². The number of carbonyl (C=O) groups excluding carboxylic acids is 1. The molecule has 0 aliphatic carbocycles. The molecule has 0 bridgehead atoms. The maximum absolute atomic E-state index is 12.0. The zero-order valence-electron chi connectivity index (χ0n) is 12.7. The zero-order valence-corrected chi connectivity index (χ0v) is 12.7. The molecule has 1 N–H and O–H groups in total. The summed E-state index contributed by atoms with van der Waals surface area (Å²) in [5.74, 6) is 0.0901. The van der Waals surface area contributed by atoms with Crippen LogP contribution in [0.2, 0.25) is 0 Å². The van der Waals surface area contributed by atoms with Crippen LogP contribution in [-0.2, 0) is 4.79 Å². The van der Waals surface area contributed by atoms with E-state index in [2.05, 4.69) is 0 Å². The number of amides is 1. The second-order valence-corrected chi connectivity index (χ2v) is 5.57. The van der Waals surface area contributed by atoms with Crippen molar-refractivity contribution in [3.63, 3.8) is 0 Å². The second-order valence-electron chi connectivity index (χ2n) is 5.57. The van der Waals surface area contributed by atoms with Crippen LogP contribution in [0.25, 0.3) is 6.08 Å². The van der Waals surface area contributed by atoms with Crippen LogP contribution in [0.15, 0.2) is 36.4 Å². The molecule has 0 atom stereocenters. The Morgan fingerprint density at radius 3 is 2.50 bits per heavy atom. The van der Waals surface area contributed by atoms with E-state index in [1.807, 2.05) is 49.4 Å². The Balaban J connectivity index is 2.40. The van der Waals surface area contributed by atoms with Crippen molar-refractivity contribution in [2.45, 2.75) is 39.2 Å². The number of carbonyl (C=O) groups is 1. The Kier molecular flexibility index (Phi) is 6.46. The smallest absolute Gasteiger partial charge is 0.222 e. The van der Waals surface area contributed by atoms with Crippen LogP contribution < -0.4 is 0 Å². The molecule has 3 heteroatoms. The fourth-order valence-electron chi connectivity index (χ4n) is 1.99. The van der Waals surface area contributed by atoms with Gasteiger partial charge in [-0.2, -0.15) is 0 Å². The fraction of sp³-hybridized carbons (Fsp3) is 0.471. The van der Waals surface area contributed by atoms with E-state index >= 15 is 0 Å². The summed E-state index contributed by atoms with van der Waals surface area (Å²) < 4.78 is 0. The van der Waals surface area contributed by atoms with Crippen LogP contribution in [0.5, 0.6) is 0 Å². The molecule has 1 aromatic rings. The first-order valence-electron chi connectivity index (χ1n) is 7.14. The van der Waals surface area contributed by atoms with Gasteiger partial charge in [-0.05, 0) is 32.8 Å². The number of rotatable bonds is 7. The van der Waals surface area contributed by atoms with Crippen molar-refractivity contribution in [2.24, 2.45) is 0 Å². The highest BCUT2D eigenvalue weighted by Crippen LogP contribution is 2.08. The molecule has 1 aromatic carbocycles. The minimum absolute atomic E-state index is 0.0901. The first-order chi connectivity index (χ1) is 9.42. The third kappa shape index (κ3) is 6.53. The molecule has 0 saturated carbocycles. The van der Waals surface area contributed by atoms with Gasteiger partial charge in [0.25, 0.3) is 0 Å². The number of allylic oxidation sites excluding steroid dienone is 1. The lowest BCUT2D eigenvalue weighted by atomic mass is 10.1. The van der Waals surface area contributed by atoms with Crippen LogP contribution in [-0.4, -0.2) is 34.6 Å². The first-order valence-corrected chi connectivity index (χ1v) is 7.14. The summed E-state index contributed by atoms with van der Waals surface area (Å²) in [7, 11) is 0. The molecule has 0 spiro atoms. The molecule has 0 saturated heterocycles. The standard InChI is InChI=1S/C17H25NO2/c1-4-18(14-17(2,3)20)16(19)13-9-8-12-15-10-6-5-7-11-15/h5-8,10-12,20H,4,9,13-14H2,1-3H3/b12-8+. The van der Waals surface area contributed by atoms with Crippen LogP contribution in [0.4, 0.5) is 0 Å². The summed E-state index contributed by atoms with van der Waals surface area (Å²) >= 11 is 0. The number of nitrogens with zero attached hydrogens (tertiary/aromatic N) is 1. The molecule has 0 aliphatic rings. The van der Waals surface area contributed by atoms with E-state index in [1.54, 1.807) is 18.7 Å². The van der Waals surface area contributed by atoms with Crippen molar-refractivity contribution >= 4 is 12.0 Å². The third-order valence-corrected chi connectivity index (χ3v) is 2.95. The number of aliphatic hydroxyl groups is 1. The van der Waals surface area contributed by atoms with Gasteiger partial charge in [-0.15, -0.1) is 0 Å². The summed E-state index contributed by atoms with van der Waals surface area (Å²) in [6, 6.07) is 10.0. The van der Waals surface area contributed by atoms with Crippen molar-refractivity contribution in [1.82, 2.24) is 4.90 Å². The number of hydrogen-bond donors (Lipinski definition) is 1. The van der Waals surface area contributed by atoms with Crippen LogP contribution >= 0.6 is 0 Å². The topological polar surface area (TPSA) is 40.5 Å². The summed E-state index contributed by atoms with van der Waals surface area (Å²) in [6.45, 7) is 6.38. The van der Waals surface area contributed by atoms with Crippen molar-refractivity contribution < 1.29 is 9.90 Å². The first kappa shape index (κ1) is 16.4. The van der Waals surface area contributed by atoms with E-state index in [9.17, 15) is 9.90 Å². The maximum atomic E-state index is 12.0. The summed E-state index contributed by atoms with van der Waals surface area (Å²) in [6.07, 6.45) is 5.24. The highest BCUT2D eigenvalue weighted by Gasteiger charge is 2.20. The predicted octanol–water partition coefficient (Wildman–Crippen LogP) is 3.10. The van der Waals surface area contributed by atoms with E-state index in [4.69, 9.17) is 0 Å².